The lowest BCUT2D eigenvalue weighted by molar-refractivity contribution is 0.0884. The molecular weight excluding hydrogens is 266 g/mol. The maximum Gasteiger partial charge on any atom is 0.0646 e. The molecule has 1 aromatic rings. The summed E-state index contributed by atoms with van der Waals surface area (Å²) in [6.45, 7) is 4.61. The Balaban J connectivity index is 2.94. The third-order valence-electron chi connectivity index (χ3n) is 3.20. The summed E-state index contributed by atoms with van der Waals surface area (Å²) < 4.78 is 1.02. The molecular formula is C13H20BrNO. The van der Waals surface area contributed by atoms with Gasteiger partial charge in [0.1, 0.15) is 0 Å². The molecule has 0 radical (unpaired) electrons. The predicted octanol–water partition coefficient (Wildman–Crippen LogP) is 2.90. The number of hydrogen-bond acceptors (Lipinski definition) is 2. The second kappa shape index (κ2) is 6.38. The van der Waals surface area contributed by atoms with Crippen LogP contribution in [0.25, 0.3) is 0 Å². The Kier molecular flexibility index (Phi) is 5.46. The van der Waals surface area contributed by atoms with Gasteiger partial charge in [-0.15, -0.1) is 0 Å². The topological polar surface area (TPSA) is 46.2 Å². The van der Waals surface area contributed by atoms with Gasteiger partial charge in [-0.05, 0) is 17.5 Å². The van der Waals surface area contributed by atoms with E-state index in [1.165, 1.54) is 0 Å². The molecule has 0 saturated heterocycles. The van der Waals surface area contributed by atoms with Gasteiger partial charge in [0.25, 0.3) is 0 Å². The molecule has 3 unspecified atom stereocenters. The van der Waals surface area contributed by atoms with Crippen LogP contribution in [-0.2, 0) is 0 Å². The van der Waals surface area contributed by atoms with Gasteiger partial charge in [0.15, 0.2) is 0 Å². The lowest BCUT2D eigenvalue weighted by Gasteiger charge is -2.27. The van der Waals surface area contributed by atoms with Crippen LogP contribution >= 0.6 is 15.9 Å². The molecule has 0 aliphatic carbocycles. The number of aliphatic hydroxyl groups excluding tert-OH is 1. The Morgan fingerprint density at radius 3 is 2.50 bits per heavy atom. The molecule has 0 bridgehead atoms. The van der Waals surface area contributed by atoms with E-state index in [0.717, 1.165) is 16.5 Å². The van der Waals surface area contributed by atoms with E-state index < -0.39 is 0 Å². The van der Waals surface area contributed by atoms with Crippen molar-refractivity contribution in [3.05, 3.63) is 34.3 Å². The highest BCUT2D eigenvalue weighted by molar-refractivity contribution is 9.10. The second-order valence-electron chi connectivity index (χ2n) is 4.24. The van der Waals surface area contributed by atoms with Crippen molar-refractivity contribution >= 4 is 15.9 Å². The Morgan fingerprint density at radius 2 is 2.00 bits per heavy atom. The van der Waals surface area contributed by atoms with Gasteiger partial charge < -0.3 is 10.8 Å². The highest BCUT2D eigenvalue weighted by Gasteiger charge is 2.25. The van der Waals surface area contributed by atoms with Gasteiger partial charge in [0.05, 0.1) is 6.10 Å². The van der Waals surface area contributed by atoms with E-state index in [1.54, 1.807) is 0 Å². The Bertz CT molecular complexity index is 329. The van der Waals surface area contributed by atoms with Gasteiger partial charge >= 0.3 is 0 Å². The van der Waals surface area contributed by atoms with Crippen molar-refractivity contribution in [3.8, 4) is 0 Å². The minimum Gasteiger partial charge on any atom is -0.392 e. The van der Waals surface area contributed by atoms with E-state index >= 15 is 0 Å². The van der Waals surface area contributed by atoms with Crippen molar-refractivity contribution < 1.29 is 5.11 Å². The van der Waals surface area contributed by atoms with Crippen LogP contribution in [-0.4, -0.2) is 17.8 Å². The van der Waals surface area contributed by atoms with Gasteiger partial charge in [-0.3, -0.25) is 0 Å². The first-order chi connectivity index (χ1) is 7.61. The number of aliphatic hydroxyl groups is 1. The SMILES string of the molecule is CCC(C)C(O)C(CN)c1ccccc1Br. The molecule has 3 heteroatoms. The van der Waals surface area contributed by atoms with Crippen LogP contribution in [0, 0.1) is 5.92 Å². The summed E-state index contributed by atoms with van der Waals surface area (Å²) >= 11 is 3.51. The minimum absolute atomic E-state index is 0.00512. The van der Waals surface area contributed by atoms with Gasteiger partial charge in [-0.2, -0.15) is 0 Å². The summed E-state index contributed by atoms with van der Waals surface area (Å²) in [5.41, 5.74) is 6.88. The number of nitrogens with two attached hydrogens (primary N) is 1. The van der Waals surface area contributed by atoms with Crippen LogP contribution in [0.4, 0.5) is 0 Å². The molecule has 0 saturated carbocycles. The monoisotopic (exact) mass is 285 g/mol. The maximum absolute atomic E-state index is 10.3. The molecule has 3 atom stereocenters. The molecule has 0 fully saturated rings. The first-order valence-corrected chi connectivity index (χ1v) is 6.53. The molecule has 0 aromatic heterocycles. The summed E-state index contributed by atoms with van der Waals surface area (Å²) in [5, 5.41) is 10.3. The van der Waals surface area contributed by atoms with Crippen molar-refractivity contribution in [3.63, 3.8) is 0 Å². The van der Waals surface area contributed by atoms with Crippen LogP contribution in [0.15, 0.2) is 28.7 Å². The van der Waals surface area contributed by atoms with E-state index in [-0.39, 0.29) is 17.9 Å². The van der Waals surface area contributed by atoms with E-state index in [1.807, 2.05) is 24.3 Å². The van der Waals surface area contributed by atoms with Crippen LogP contribution in [0.3, 0.4) is 0 Å². The van der Waals surface area contributed by atoms with E-state index in [9.17, 15) is 5.11 Å². The third-order valence-corrected chi connectivity index (χ3v) is 3.92. The summed E-state index contributed by atoms with van der Waals surface area (Å²) in [6, 6.07) is 7.96. The zero-order valence-corrected chi connectivity index (χ0v) is 11.4. The molecule has 1 rings (SSSR count). The molecule has 0 amide bonds. The van der Waals surface area contributed by atoms with Crippen molar-refractivity contribution in [2.75, 3.05) is 6.54 Å². The summed E-state index contributed by atoms with van der Waals surface area (Å²) in [5.74, 6) is 0.270. The zero-order chi connectivity index (χ0) is 12.1. The van der Waals surface area contributed by atoms with Gasteiger partial charge in [-0.1, -0.05) is 54.4 Å². The predicted molar refractivity (Wildman–Crippen MR) is 71.4 cm³/mol. The fourth-order valence-corrected chi connectivity index (χ4v) is 2.44. The maximum atomic E-state index is 10.3. The quantitative estimate of drug-likeness (QED) is 0.874. The highest BCUT2D eigenvalue weighted by Crippen LogP contribution is 2.30. The zero-order valence-electron chi connectivity index (χ0n) is 9.86. The summed E-state index contributed by atoms with van der Waals surface area (Å²) in [7, 11) is 0. The fraction of sp³-hybridized carbons (Fsp3) is 0.538. The highest BCUT2D eigenvalue weighted by atomic mass is 79.9. The van der Waals surface area contributed by atoms with Gasteiger partial charge in [0.2, 0.25) is 0 Å². The van der Waals surface area contributed by atoms with Crippen LogP contribution in [0.5, 0.6) is 0 Å². The van der Waals surface area contributed by atoms with Crippen molar-refractivity contribution in [2.45, 2.75) is 32.3 Å². The lowest BCUT2D eigenvalue weighted by atomic mass is 9.85. The molecule has 0 heterocycles. The number of rotatable bonds is 5. The van der Waals surface area contributed by atoms with Gasteiger partial charge in [0, 0.05) is 16.9 Å². The molecule has 0 aliphatic heterocycles. The van der Waals surface area contributed by atoms with Crippen molar-refractivity contribution in [1.29, 1.82) is 0 Å². The number of benzene rings is 1. The fourth-order valence-electron chi connectivity index (χ4n) is 1.86. The molecule has 0 spiro atoms. The van der Waals surface area contributed by atoms with Crippen LogP contribution in [0.1, 0.15) is 31.7 Å². The van der Waals surface area contributed by atoms with Gasteiger partial charge in [-0.25, -0.2) is 0 Å². The lowest BCUT2D eigenvalue weighted by Crippen LogP contribution is -2.31. The number of halogens is 1. The molecule has 3 N–H and O–H groups in total. The Morgan fingerprint density at radius 1 is 1.38 bits per heavy atom. The summed E-state index contributed by atoms with van der Waals surface area (Å²) in [6.07, 6.45) is 0.580. The second-order valence-corrected chi connectivity index (χ2v) is 5.09. The smallest absolute Gasteiger partial charge is 0.0646 e. The van der Waals surface area contributed by atoms with E-state index in [2.05, 4.69) is 29.8 Å². The Labute approximate surface area is 106 Å². The summed E-state index contributed by atoms with van der Waals surface area (Å²) in [4.78, 5) is 0. The average molecular weight is 286 g/mol. The van der Waals surface area contributed by atoms with E-state index in [0.29, 0.717) is 6.54 Å². The van der Waals surface area contributed by atoms with Crippen LogP contribution in [0.2, 0.25) is 0 Å². The normalized spacial score (nSPS) is 16.8. The van der Waals surface area contributed by atoms with Crippen LogP contribution < -0.4 is 5.73 Å². The third kappa shape index (κ3) is 3.06. The first-order valence-electron chi connectivity index (χ1n) is 5.74. The molecule has 2 nitrogen and oxygen atoms in total. The molecule has 16 heavy (non-hydrogen) atoms. The average Bonchev–Trinajstić information content (AvgIpc) is 2.31. The first kappa shape index (κ1) is 13.7. The molecule has 0 aliphatic rings. The Hall–Kier alpha value is -0.380. The van der Waals surface area contributed by atoms with Crippen molar-refractivity contribution in [2.24, 2.45) is 11.7 Å². The van der Waals surface area contributed by atoms with Crippen molar-refractivity contribution in [1.82, 2.24) is 0 Å². The molecule has 1 aromatic carbocycles. The standard InChI is InChI=1S/C13H20BrNO/c1-3-9(2)13(16)11(8-15)10-6-4-5-7-12(10)14/h4-7,9,11,13,16H,3,8,15H2,1-2H3. The molecule has 90 valence electrons. The van der Waals surface area contributed by atoms with E-state index in [4.69, 9.17) is 5.73 Å². The minimum atomic E-state index is -0.381. The largest absolute Gasteiger partial charge is 0.392 e. The number of hydrogen-bond donors (Lipinski definition) is 2.